The molecule has 1 aromatic heterocycles. The van der Waals surface area contributed by atoms with E-state index in [4.69, 9.17) is 0 Å². The van der Waals surface area contributed by atoms with E-state index in [1.165, 1.54) is 54.2 Å². The van der Waals surface area contributed by atoms with Gasteiger partial charge in [-0.2, -0.15) is 0 Å². The molecule has 0 atom stereocenters. The summed E-state index contributed by atoms with van der Waals surface area (Å²) in [5.41, 5.74) is 0.457. The first-order valence-corrected chi connectivity index (χ1v) is 12.0. The summed E-state index contributed by atoms with van der Waals surface area (Å²) in [6, 6.07) is 11.2. The van der Waals surface area contributed by atoms with E-state index in [2.05, 4.69) is 20.5 Å². The van der Waals surface area contributed by atoms with Crippen LogP contribution in [0.15, 0.2) is 48.5 Å². The molecular weight excluding hydrogens is 458 g/mol. The molecule has 0 aliphatic carbocycles. The lowest BCUT2D eigenvalue weighted by Crippen LogP contribution is -2.52. The molecule has 4 rings (SSSR count). The highest BCUT2D eigenvalue weighted by molar-refractivity contribution is 7.20. The van der Waals surface area contributed by atoms with Crippen molar-refractivity contribution in [2.24, 2.45) is 0 Å². The smallest absolute Gasteiger partial charge is 0.252 e. The van der Waals surface area contributed by atoms with Crippen molar-refractivity contribution in [1.82, 2.24) is 10.3 Å². The number of hydrogen-bond donors (Lipinski definition) is 2. The molecule has 2 aromatic carbocycles. The van der Waals surface area contributed by atoms with Crippen molar-refractivity contribution in [2.45, 2.75) is 38.6 Å². The number of rotatable bonds is 6. The van der Waals surface area contributed by atoms with Crippen molar-refractivity contribution >= 4 is 33.3 Å². The standard InChI is InChI=1S/C25H26F2N4O2S/c1-25(2,30-21(32)17-8-12-19(27)13-9-17)23(33)29-24-28-20(16-6-10-18(26)11-7-16)22(34-24)31-14-4-3-5-15-31/h6-13H,3-5,14-15H2,1-2H3,(H,30,32)(H,28,29,33). The number of halogens is 2. The quantitative estimate of drug-likeness (QED) is 0.503. The predicted octanol–water partition coefficient (Wildman–Crippen LogP) is 5.23. The predicted molar refractivity (Wildman–Crippen MR) is 130 cm³/mol. The molecule has 1 fully saturated rings. The molecule has 178 valence electrons. The minimum Gasteiger partial charge on any atom is -0.362 e. The van der Waals surface area contributed by atoms with Crippen molar-refractivity contribution in [2.75, 3.05) is 23.3 Å². The number of anilines is 2. The van der Waals surface area contributed by atoms with Gasteiger partial charge in [-0.1, -0.05) is 11.3 Å². The van der Waals surface area contributed by atoms with Crippen LogP contribution < -0.4 is 15.5 Å². The Balaban J connectivity index is 1.55. The SMILES string of the molecule is CC(C)(NC(=O)c1ccc(F)cc1)C(=O)Nc1nc(-c2ccc(F)cc2)c(N2CCCCC2)s1. The van der Waals surface area contributed by atoms with Gasteiger partial charge >= 0.3 is 0 Å². The lowest BCUT2D eigenvalue weighted by atomic mass is 10.0. The Kier molecular flexibility index (Phi) is 6.92. The van der Waals surface area contributed by atoms with Crippen LogP contribution in [-0.4, -0.2) is 35.4 Å². The monoisotopic (exact) mass is 484 g/mol. The Hall–Kier alpha value is -3.33. The van der Waals surface area contributed by atoms with E-state index in [0.29, 0.717) is 10.8 Å². The molecule has 9 heteroatoms. The van der Waals surface area contributed by atoms with Crippen molar-refractivity contribution in [3.05, 3.63) is 65.7 Å². The van der Waals surface area contributed by atoms with Crippen LogP contribution in [0.3, 0.4) is 0 Å². The highest BCUT2D eigenvalue weighted by Crippen LogP contribution is 2.40. The lowest BCUT2D eigenvalue weighted by molar-refractivity contribution is -0.120. The Morgan fingerprint density at radius 3 is 2.15 bits per heavy atom. The van der Waals surface area contributed by atoms with Gasteiger partial charge in [-0.15, -0.1) is 0 Å². The van der Waals surface area contributed by atoms with Gasteiger partial charge in [-0.05, 0) is 81.6 Å². The van der Waals surface area contributed by atoms with Crippen molar-refractivity contribution in [3.63, 3.8) is 0 Å². The Morgan fingerprint density at radius 1 is 0.941 bits per heavy atom. The Morgan fingerprint density at radius 2 is 1.53 bits per heavy atom. The molecule has 3 aromatic rings. The van der Waals surface area contributed by atoms with Crippen molar-refractivity contribution in [3.8, 4) is 11.3 Å². The second-order valence-electron chi connectivity index (χ2n) is 8.77. The average molecular weight is 485 g/mol. The van der Waals surface area contributed by atoms with Crippen molar-refractivity contribution < 1.29 is 18.4 Å². The van der Waals surface area contributed by atoms with Crippen LogP contribution in [0.1, 0.15) is 43.5 Å². The topological polar surface area (TPSA) is 74.3 Å². The van der Waals surface area contributed by atoms with Crippen LogP contribution in [0.25, 0.3) is 11.3 Å². The third-order valence-corrected chi connectivity index (χ3v) is 6.72. The molecule has 2 N–H and O–H groups in total. The second-order valence-corrected chi connectivity index (χ2v) is 9.75. The summed E-state index contributed by atoms with van der Waals surface area (Å²) in [6.07, 6.45) is 3.32. The number of thiazole rings is 1. The summed E-state index contributed by atoms with van der Waals surface area (Å²) in [6.45, 7) is 4.96. The Bertz CT molecular complexity index is 1170. The number of piperidine rings is 1. The van der Waals surface area contributed by atoms with E-state index in [-0.39, 0.29) is 11.4 Å². The highest BCUT2D eigenvalue weighted by atomic mass is 32.1. The maximum absolute atomic E-state index is 13.5. The summed E-state index contributed by atoms with van der Waals surface area (Å²) < 4.78 is 26.6. The summed E-state index contributed by atoms with van der Waals surface area (Å²) in [5.74, 6) is -1.70. The molecule has 0 unspecified atom stereocenters. The number of aromatic nitrogens is 1. The van der Waals surface area contributed by atoms with Gasteiger partial charge < -0.3 is 10.2 Å². The van der Waals surface area contributed by atoms with E-state index in [9.17, 15) is 18.4 Å². The normalized spacial score (nSPS) is 14.1. The molecule has 0 saturated carbocycles. The maximum atomic E-state index is 13.5. The van der Waals surface area contributed by atoms with E-state index in [1.54, 1.807) is 26.0 Å². The lowest BCUT2D eigenvalue weighted by Gasteiger charge is -2.28. The highest BCUT2D eigenvalue weighted by Gasteiger charge is 2.31. The fraction of sp³-hybridized carbons (Fsp3) is 0.320. The van der Waals surface area contributed by atoms with Gasteiger partial charge in [0.15, 0.2) is 5.13 Å². The number of carbonyl (C=O) groups is 2. The van der Waals surface area contributed by atoms with Gasteiger partial charge in [0.25, 0.3) is 11.8 Å². The van der Waals surface area contributed by atoms with E-state index < -0.39 is 23.2 Å². The van der Waals surface area contributed by atoms with Gasteiger partial charge in [-0.3, -0.25) is 14.9 Å². The van der Waals surface area contributed by atoms with Crippen LogP contribution in [0.5, 0.6) is 0 Å². The first kappa shape index (κ1) is 23.8. The van der Waals surface area contributed by atoms with Crippen LogP contribution >= 0.6 is 11.3 Å². The number of nitrogens with zero attached hydrogens (tertiary/aromatic N) is 2. The largest absolute Gasteiger partial charge is 0.362 e. The zero-order valence-electron chi connectivity index (χ0n) is 19.0. The number of amides is 2. The summed E-state index contributed by atoms with van der Waals surface area (Å²) >= 11 is 1.36. The van der Waals surface area contributed by atoms with Crippen LogP contribution in [0.4, 0.5) is 18.9 Å². The van der Waals surface area contributed by atoms with E-state index in [1.807, 2.05) is 0 Å². The summed E-state index contributed by atoms with van der Waals surface area (Å²) in [7, 11) is 0. The molecule has 1 aliphatic heterocycles. The molecule has 0 spiro atoms. The first-order chi connectivity index (χ1) is 16.2. The van der Waals surface area contributed by atoms with Crippen molar-refractivity contribution in [1.29, 1.82) is 0 Å². The first-order valence-electron chi connectivity index (χ1n) is 11.1. The third kappa shape index (κ3) is 5.41. The van der Waals surface area contributed by atoms with Gasteiger partial charge in [0.1, 0.15) is 27.9 Å². The number of nitrogens with one attached hydrogen (secondary N) is 2. The number of hydrogen-bond acceptors (Lipinski definition) is 5. The van der Waals surface area contributed by atoms with E-state index in [0.717, 1.165) is 36.5 Å². The molecule has 34 heavy (non-hydrogen) atoms. The third-order valence-electron chi connectivity index (χ3n) is 5.69. The average Bonchev–Trinajstić information content (AvgIpc) is 3.24. The zero-order valence-corrected chi connectivity index (χ0v) is 19.8. The molecular formula is C25H26F2N4O2S. The minimum absolute atomic E-state index is 0.252. The Labute approximate surface area is 201 Å². The molecule has 1 aliphatic rings. The van der Waals surface area contributed by atoms with Crippen LogP contribution in [-0.2, 0) is 4.79 Å². The van der Waals surface area contributed by atoms with Crippen LogP contribution in [0.2, 0.25) is 0 Å². The number of benzene rings is 2. The van der Waals surface area contributed by atoms with E-state index >= 15 is 0 Å². The van der Waals surface area contributed by atoms with Gasteiger partial charge in [0, 0.05) is 24.2 Å². The molecule has 2 amide bonds. The molecule has 0 bridgehead atoms. The summed E-state index contributed by atoms with van der Waals surface area (Å²) in [5, 5.41) is 6.83. The summed E-state index contributed by atoms with van der Waals surface area (Å²) in [4.78, 5) is 32.5. The molecule has 6 nitrogen and oxygen atoms in total. The van der Waals surface area contributed by atoms with Gasteiger partial charge in [0.05, 0.1) is 0 Å². The fourth-order valence-corrected chi connectivity index (χ4v) is 4.78. The van der Waals surface area contributed by atoms with Gasteiger partial charge in [0.2, 0.25) is 0 Å². The number of carbonyl (C=O) groups excluding carboxylic acids is 2. The van der Waals surface area contributed by atoms with Crippen LogP contribution in [0, 0.1) is 11.6 Å². The zero-order chi connectivity index (χ0) is 24.3. The molecule has 2 heterocycles. The molecule has 0 radical (unpaired) electrons. The minimum atomic E-state index is -1.25. The second kappa shape index (κ2) is 9.89. The van der Waals surface area contributed by atoms with Gasteiger partial charge in [-0.25, -0.2) is 13.8 Å². The maximum Gasteiger partial charge on any atom is 0.252 e. The molecule has 1 saturated heterocycles. The fourth-order valence-electron chi connectivity index (χ4n) is 3.74.